The van der Waals surface area contributed by atoms with Gasteiger partial charge in [0.1, 0.15) is 0 Å². The maximum atomic E-state index is 5.12. The summed E-state index contributed by atoms with van der Waals surface area (Å²) >= 11 is 0. The Labute approximate surface area is 272 Å². The van der Waals surface area contributed by atoms with Gasteiger partial charge in [0.25, 0.3) is 0 Å². The van der Waals surface area contributed by atoms with Crippen molar-refractivity contribution in [1.82, 2.24) is 19.5 Å². The molecule has 0 amide bonds. The minimum Gasteiger partial charge on any atom is -0.309 e. The van der Waals surface area contributed by atoms with E-state index in [-0.39, 0.29) is 5.92 Å². The molecule has 1 unspecified atom stereocenters. The number of para-hydroxylation sites is 2. The normalized spacial score (nSPS) is 15.0. The zero-order valence-corrected chi connectivity index (χ0v) is 25.5. The summed E-state index contributed by atoms with van der Waals surface area (Å²) in [5.41, 5.74) is 10.7. The molecule has 4 heteroatoms. The van der Waals surface area contributed by atoms with Gasteiger partial charge >= 0.3 is 0 Å². The highest BCUT2D eigenvalue weighted by Crippen LogP contribution is 2.48. The Hall–Kier alpha value is -6.13. The van der Waals surface area contributed by atoms with Crippen molar-refractivity contribution in [2.24, 2.45) is 0 Å². The van der Waals surface area contributed by atoms with Crippen LogP contribution >= 0.6 is 0 Å². The van der Waals surface area contributed by atoms with E-state index in [1.54, 1.807) is 0 Å². The standard InChI is InChI=1S/C43H28N4/c1-3-11-29(12-4-1)41-44-42(30-13-5-2-6-14-30)46-43(45-41)34-24-20-27-21-25-35-38(26-22-28-19-23-33(34)39(27)40(28)35)47-36-17-9-7-15-31(36)32-16-8-10-18-37(32)47/h1-19,21-26,33H,20H2. The first kappa shape index (κ1) is 26.1. The maximum absolute atomic E-state index is 5.12. The fourth-order valence-corrected chi connectivity index (χ4v) is 7.65. The van der Waals surface area contributed by atoms with Crippen LogP contribution in [0.3, 0.4) is 0 Å². The number of rotatable bonds is 4. The van der Waals surface area contributed by atoms with Crippen molar-refractivity contribution in [2.45, 2.75) is 12.3 Å². The summed E-state index contributed by atoms with van der Waals surface area (Å²) in [4.78, 5) is 15.2. The average Bonchev–Trinajstić information content (AvgIpc) is 3.48. The van der Waals surface area contributed by atoms with Gasteiger partial charge in [-0.1, -0.05) is 133 Å². The molecule has 0 spiro atoms. The molecule has 0 N–H and O–H groups in total. The third-order valence-electron chi connectivity index (χ3n) is 9.76. The predicted octanol–water partition coefficient (Wildman–Crippen LogP) is 10.2. The molecule has 0 aliphatic heterocycles. The van der Waals surface area contributed by atoms with Crippen LogP contribution in [-0.2, 0) is 6.42 Å². The van der Waals surface area contributed by atoms with E-state index in [1.165, 1.54) is 55.0 Å². The van der Waals surface area contributed by atoms with Crippen molar-refractivity contribution in [3.05, 3.63) is 168 Å². The van der Waals surface area contributed by atoms with Crippen LogP contribution in [0.25, 0.3) is 72.7 Å². The Morgan fingerprint density at radius 3 is 1.79 bits per heavy atom. The Balaban J connectivity index is 1.18. The summed E-state index contributed by atoms with van der Waals surface area (Å²) in [6.07, 6.45) is 7.77. The zero-order chi connectivity index (χ0) is 30.9. The van der Waals surface area contributed by atoms with Gasteiger partial charge in [0.05, 0.1) is 16.7 Å². The lowest BCUT2D eigenvalue weighted by molar-refractivity contribution is 0.959. The third kappa shape index (κ3) is 3.98. The van der Waals surface area contributed by atoms with Crippen molar-refractivity contribution in [3.8, 4) is 28.5 Å². The molecule has 2 aliphatic carbocycles. The van der Waals surface area contributed by atoms with E-state index in [4.69, 9.17) is 15.0 Å². The van der Waals surface area contributed by atoms with E-state index in [1.807, 2.05) is 36.4 Å². The molecule has 0 saturated carbocycles. The molecule has 0 fully saturated rings. The van der Waals surface area contributed by atoms with E-state index in [2.05, 4.69) is 120 Å². The van der Waals surface area contributed by atoms with E-state index in [0.29, 0.717) is 11.6 Å². The number of benzene rings is 6. The number of allylic oxidation sites excluding steroid dienone is 3. The summed E-state index contributed by atoms with van der Waals surface area (Å²) in [5.74, 6) is 2.15. The van der Waals surface area contributed by atoms with Gasteiger partial charge in [-0.25, -0.2) is 15.0 Å². The SMILES string of the molecule is C1=CC2C(c3nc(-c4ccccc4)nc(-c4ccccc4)n3)=CCc3ccc4c(-n5c6ccccc6c6ccccc65)ccc1c4c32. The van der Waals surface area contributed by atoms with Gasteiger partial charge in [0.15, 0.2) is 17.5 Å². The molecule has 0 bridgehead atoms. The van der Waals surface area contributed by atoms with Crippen LogP contribution in [0.2, 0.25) is 0 Å². The van der Waals surface area contributed by atoms with E-state index in [9.17, 15) is 0 Å². The quantitative estimate of drug-likeness (QED) is 0.202. The van der Waals surface area contributed by atoms with E-state index in [0.717, 1.165) is 28.9 Å². The molecule has 6 aromatic carbocycles. The lowest BCUT2D eigenvalue weighted by Gasteiger charge is -2.30. The monoisotopic (exact) mass is 600 g/mol. The predicted molar refractivity (Wildman–Crippen MR) is 192 cm³/mol. The first-order valence-electron chi connectivity index (χ1n) is 16.1. The van der Waals surface area contributed by atoms with Crippen molar-refractivity contribution in [2.75, 3.05) is 0 Å². The molecule has 1 atom stereocenters. The number of hydrogen-bond acceptors (Lipinski definition) is 3. The molecule has 10 rings (SSSR count). The van der Waals surface area contributed by atoms with Crippen LogP contribution in [0.15, 0.2) is 146 Å². The van der Waals surface area contributed by atoms with Crippen LogP contribution < -0.4 is 0 Å². The van der Waals surface area contributed by atoms with Gasteiger partial charge < -0.3 is 4.57 Å². The first-order chi connectivity index (χ1) is 23.3. The van der Waals surface area contributed by atoms with E-state index < -0.39 is 0 Å². The summed E-state index contributed by atoms with van der Waals surface area (Å²) in [6.45, 7) is 0. The van der Waals surface area contributed by atoms with Crippen LogP contribution in [0.4, 0.5) is 0 Å². The largest absolute Gasteiger partial charge is 0.309 e. The molecule has 220 valence electrons. The molecule has 47 heavy (non-hydrogen) atoms. The Morgan fingerprint density at radius 1 is 0.532 bits per heavy atom. The fourth-order valence-electron chi connectivity index (χ4n) is 7.65. The first-order valence-corrected chi connectivity index (χ1v) is 16.1. The van der Waals surface area contributed by atoms with Crippen molar-refractivity contribution >= 4 is 44.2 Å². The molecular weight excluding hydrogens is 573 g/mol. The van der Waals surface area contributed by atoms with Gasteiger partial charge in [0.2, 0.25) is 0 Å². The van der Waals surface area contributed by atoms with Gasteiger partial charge in [-0.05, 0) is 46.7 Å². The zero-order valence-electron chi connectivity index (χ0n) is 25.5. The van der Waals surface area contributed by atoms with Gasteiger partial charge in [-0.2, -0.15) is 0 Å². The van der Waals surface area contributed by atoms with Gasteiger partial charge in [-0.15, -0.1) is 0 Å². The third-order valence-corrected chi connectivity index (χ3v) is 9.76. The van der Waals surface area contributed by atoms with Crippen LogP contribution in [0.5, 0.6) is 0 Å². The minimum absolute atomic E-state index is 0.0398. The summed E-state index contributed by atoms with van der Waals surface area (Å²) in [6, 6.07) is 47.1. The van der Waals surface area contributed by atoms with Crippen molar-refractivity contribution in [1.29, 1.82) is 0 Å². The molecule has 4 nitrogen and oxygen atoms in total. The highest BCUT2D eigenvalue weighted by molar-refractivity contribution is 6.12. The average molecular weight is 601 g/mol. The van der Waals surface area contributed by atoms with Crippen molar-refractivity contribution in [3.63, 3.8) is 0 Å². The van der Waals surface area contributed by atoms with E-state index >= 15 is 0 Å². The summed E-state index contributed by atoms with van der Waals surface area (Å²) < 4.78 is 2.44. The topological polar surface area (TPSA) is 43.6 Å². The lowest BCUT2D eigenvalue weighted by atomic mass is 9.75. The van der Waals surface area contributed by atoms with Crippen molar-refractivity contribution < 1.29 is 0 Å². The van der Waals surface area contributed by atoms with Crippen LogP contribution in [0.1, 0.15) is 28.4 Å². The molecule has 2 heterocycles. The second-order valence-corrected chi connectivity index (χ2v) is 12.3. The maximum Gasteiger partial charge on any atom is 0.164 e. The van der Waals surface area contributed by atoms with Gasteiger partial charge in [-0.3, -0.25) is 0 Å². The number of nitrogens with zero attached hydrogens (tertiary/aromatic N) is 4. The second-order valence-electron chi connectivity index (χ2n) is 12.3. The highest BCUT2D eigenvalue weighted by Gasteiger charge is 2.31. The number of hydrogen-bond donors (Lipinski definition) is 0. The molecule has 2 aromatic heterocycles. The summed E-state index contributed by atoms with van der Waals surface area (Å²) in [5, 5.41) is 5.12. The number of aromatic nitrogens is 4. The highest BCUT2D eigenvalue weighted by atomic mass is 15.0. The Bertz CT molecular complexity index is 2480. The van der Waals surface area contributed by atoms with Gasteiger partial charge in [0, 0.05) is 38.8 Å². The molecule has 0 saturated heterocycles. The number of fused-ring (bicyclic) bond motifs is 3. The fraction of sp³-hybridized carbons (Fsp3) is 0.0465. The molecule has 8 aromatic rings. The molecule has 0 radical (unpaired) electrons. The smallest absolute Gasteiger partial charge is 0.164 e. The lowest BCUT2D eigenvalue weighted by Crippen LogP contribution is -2.15. The Kier molecular flexibility index (Phi) is 5.67. The van der Waals surface area contributed by atoms with Crippen LogP contribution in [0, 0.1) is 0 Å². The Morgan fingerprint density at radius 2 is 1.13 bits per heavy atom. The molecule has 2 aliphatic rings. The van der Waals surface area contributed by atoms with Crippen LogP contribution in [-0.4, -0.2) is 19.5 Å². The second kappa shape index (κ2) is 10.2. The minimum atomic E-state index is 0.0398. The summed E-state index contributed by atoms with van der Waals surface area (Å²) in [7, 11) is 0. The molecular formula is C43H28N4.